The molecule has 1 amide bonds. The lowest BCUT2D eigenvalue weighted by atomic mass is 10.1. The van der Waals surface area contributed by atoms with Crippen LogP contribution >= 0.6 is 27.3 Å². The molecule has 3 nitrogen and oxygen atoms in total. The number of rotatable bonds is 4. The van der Waals surface area contributed by atoms with Crippen molar-refractivity contribution in [2.24, 2.45) is 0 Å². The molecule has 20 heavy (non-hydrogen) atoms. The quantitative estimate of drug-likeness (QED) is 0.850. The van der Waals surface area contributed by atoms with Gasteiger partial charge >= 0.3 is 0 Å². The Kier molecular flexibility index (Phi) is 3.81. The molecule has 2 N–H and O–H groups in total. The number of amides is 1. The highest BCUT2D eigenvalue weighted by molar-refractivity contribution is 9.10. The van der Waals surface area contributed by atoms with E-state index in [0.717, 1.165) is 33.4 Å². The summed E-state index contributed by atoms with van der Waals surface area (Å²) in [5, 5.41) is 1.93. The van der Waals surface area contributed by atoms with Crippen molar-refractivity contribution in [2.75, 3.05) is 5.73 Å². The number of carbonyl (C=O) groups is 1. The largest absolute Gasteiger partial charge is 0.398 e. The van der Waals surface area contributed by atoms with Crippen LogP contribution in [0.4, 0.5) is 5.69 Å². The van der Waals surface area contributed by atoms with Gasteiger partial charge in [0.25, 0.3) is 5.91 Å². The SMILES string of the molecule is Nc1ccccc1CN(C(=O)c1sccc1Br)C1CC1. The van der Waals surface area contributed by atoms with Gasteiger partial charge < -0.3 is 10.6 Å². The summed E-state index contributed by atoms with van der Waals surface area (Å²) in [6, 6.07) is 10.0. The van der Waals surface area contributed by atoms with Crippen molar-refractivity contribution in [1.82, 2.24) is 4.90 Å². The first-order chi connectivity index (χ1) is 9.66. The highest BCUT2D eigenvalue weighted by Crippen LogP contribution is 2.33. The van der Waals surface area contributed by atoms with Crippen LogP contribution in [0, 0.1) is 0 Å². The molecular weight excluding hydrogens is 336 g/mol. The van der Waals surface area contributed by atoms with Crippen molar-refractivity contribution in [2.45, 2.75) is 25.4 Å². The molecule has 1 aliphatic rings. The minimum absolute atomic E-state index is 0.0950. The molecule has 1 aromatic heterocycles. The second-order valence-corrected chi connectivity index (χ2v) is 6.73. The number of para-hydroxylation sites is 1. The predicted octanol–water partition coefficient (Wildman–Crippen LogP) is 3.90. The van der Waals surface area contributed by atoms with Gasteiger partial charge in [0.15, 0.2) is 0 Å². The number of anilines is 1. The topological polar surface area (TPSA) is 46.3 Å². The highest BCUT2D eigenvalue weighted by atomic mass is 79.9. The van der Waals surface area contributed by atoms with Crippen LogP contribution in [-0.4, -0.2) is 16.8 Å². The zero-order valence-electron chi connectivity index (χ0n) is 10.9. The zero-order valence-corrected chi connectivity index (χ0v) is 13.3. The molecule has 5 heteroatoms. The number of nitrogens with zero attached hydrogens (tertiary/aromatic N) is 1. The first kappa shape index (κ1) is 13.6. The fourth-order valence-corrected chi connectivity index (χ4v) is 3.69. The Morgan fingerprint density at radius 1 is 1.35 bits per heavy atom. The molecule has 2 aromatic rings. The highest BCUT2D eigenvalue weighted by Gasteiger charge is 2.34. The molecule has 0 saturated heterocycles. The summed E-state index contributed by atoms with van der Waals surface area (Å²) >= 11 is 4.92. The lowest BCUT2D eigenvalue weighted by molar-refractivity contribution is 0.0734. The Morgan fingerprint density at radius 3 is 2.70 bits per heavy atom. The second kappa shape index (κ2) is 5.58. The van der Waals surface area contributed by atoms with E-state index >= 15 is 0 Å². The summed E-state index contributed by atoms with van der Waals surface area (Å²) in [5.41, 5.74) is 7.75. The Bertz CT molecular complexity index is 636. The Hall–Kier alpha value is -1.33. The Labute approximate surface area is 130 Å². The molecule has 1 aromatic carbocycles. The standard InChI is InChI=1S/C15H15BrN2OS/c16-12-7-8-20-14(12)15(19)18(11-5-6-11)9-10-3-1-2-4-13(10)17/h1-4,7-8,11H,5-6,9,17H2. The zero-order chi connectivity index (χ0) is 14.1. The van der Waals surface area contributed by atoms with E-state index in [-0.39, 0.29) is 5.91 Å². The minimum atomic E-state index is 0.0950. The third-order valence-corrected chi connectivity index (χ3v) is 5.28. The molecule has 3 rings (SSSR count). The van der Waals surface area contributed by atoms with Crippen LogP contribution in [0.15, 0.2) is 40.2 Å². The Morgan fingerprint density at radius 2 is 2.10 bits per heavy atom. The van der Waals surface area contributed by atoms with Gasteiger partial charge in [-0.1, -0.05) is 18.2 Å². The van der Waals surface area contributed by atoms with Gasteiger partial charge in [-0.05, 0) is 51.8 Å². The van der Waals surface area contributed by atoms with E-state index in [4.69, 9.17) is 5.73 Å². The summed E-state index contributed by atoms with van der Waals surface area (Å²) < 4.78 is 0.874. The van der Waals surface area contributed by atoms with E-state index in [1.165, 1.54) is 11.3 Å². The number of hydrogen-bond donors (Lipinski definition) is 1. The fraction of sp³-hybridized carbons (Fsp3) is 0.267. The first-order valence-corrected chi connectivity index (χ1v) is 8.21. The van der Waals surface area contributed by atoms with E-state index in [9.17, 15) is 4.79 Å². The van der Waals surface area contributed by atoms with Crippen LogP contribution in [0.5, 0.6) is 0 Å². The fourth-order valence-electron chi connectivity index (χ4n) is 2.19. The maximum absolute atomic E-state index is 12.7. The molecule has 0 radical (unpaired) electrons. The third kappa shape index (κ3) is 2.74. The van der Waals surface area contributed by atoms with Crippen molar-refractivity contribution in [3.63, 3.8) is 0 Å². The van der Waals surface area contributed by atoms with Crippen molar-refractivity contribution >= 4 is 38.9 Å². The van der Waals surface area contributed by atoms with Crippen LogP contribution in [-0.2, 0) is 6.54 Å². The van der Waals surface area contributed by atoms with Gasteiger partial charge in [0.2, 0.25) is 0 Å². The predicted molar refractivity (Wildman–Crippen MR) is 85.8 cm³/mol. The van der Waals surface area contributed by atoms with E-state index in [1.54, 1.807) is 0 Å². The summed E-state index contributed by atoms with van der Waals surface area (Å²) in [5.74, 6) is 0.0950. The average Bonchev–Trinajstić information content (AvgIpc) is 3.19. The van der Waals surface area contributed by atoms with E-state index in [1.807, 2.05) is 40.6 Å². The van der Waals surface area contributed by atoms with Gasteiger partial charge in [-0.15, -0.1) is 11.3 Å². The van der Waals surface area contributed by atoms with Crippen molar-refractivity contribution in [3.8, 4) is 0 Å². The van der Waals surface area contributed by atoms with Crippen LogP contribution in [0.25, 0.3) is 0 Å². The summed E-state index contributed by atoms with van der Waals surface area (Å²) in [7, 11) is 0. The Balaban J connectivity index is 1.85. The number of thiophene rings is 1. The summed E-state index contributed by atoms with van der Waals surface area (Å²) in [4.78, 5) is 15.4. The van der Waals surface area contributed by atoms with Gasteiger partial charge in [-0.3, -0.25) is 4.79 Å². The minimum Gasteiger partial charge on any atom is -0.398 e. The van der Waals surface area contributed by atoms with Crippen LogP contribution in [0.2, 0.25) is 0 Å². The molecule has 0 bridgehead atoms. The van der Waals surface area contributed by atoms with Gasteiger partial charge in [-0.25, -0.2) is 0 Å². The van der Waals surface area contributed by atoms with Crippen molar-refractivity contribution in [3.05, 3.63) is 50.6 Å². The van der Waals surface area contributed by atoms with E-state index in [0.29, 0.717) is 12.6 Å². The van der Waals surface area contributed by atoms with Gasteiger partial charge in [-0.2, -0.15) is 0 Å². The van der Waals surface area contributed by atoms with E-state index in [2.05, 4.69) is 15.9 Å². The molecule has 1 heterocycles. The number of carbonyl (C=O) groups excluding carboxylic acids is 1. The summed E-state index contributed by atoms with van der Waals surface area (Å²) in [6.07, 6.45) is 2.17. The van der Waals surface area contributed by atoms with Crippen LogP contribution in [0.1, 0.15) is 28.1 Å². The number of halogens is 1. The lowest BCUT2D eigenvalue weighted by Crippen LogP contribution is -2.32. The van der Waals surface area contributed by atoms with Crippen LogP contribution < -0.4 is 5.73 Å². The average molecular weight is 351 g/mol. The maximum Gasteiger partial charge on any atom is 0.265 e. The number of benzene rings is 1. The number of nitrogen functional groups attached to an aromatic ring is 1. The number of nitrogens with two attached hydrogens (primary N) is 1. The second-order valence-electron chi connectivity index (χ2n) is 4.96. The molecule has 1 fully saturated rings. The lowest BCUT2D eigenvalue weighted by Gasteiger charge is -2.23. The van der Waals surface area contributed by atoms with Crippen LogP contribution in [0.3, 0.4) is 0 Å². The molecular formula is C15H15BrN2OS. The molecule has 0 unspecified atom stereocenters. The molecule has 1 saturated carbocycles. The molecule has 1 aliphatic carbocycles. The van der Waals surface area contributed by atoms with E-state index < -0.39 is 0 Å². The monoisotopic (exact) mass is 350 g/mol. The maximum atomic E-state index is 12.7. The van der Waals surface area contributed by atoms with Crippen molar-refractivity contribution in [1.29, 1.82) is 0 Å². The van der Waals surface area contributed by atoms with Gasteiger partial charge in [0, 0.05) is 22.7 Å². The molecule has 104 valence electrons. The van der Waals surface area contributed by atoms with Gasteiger partial charge in [0.1, 0.15) is 4.88 Å². The van der Waals surface area contributed by atoms with Crippen molar-refractivity contribution < 1.29 is 4.79 Å². The first-order valence-electron chi connectivity index (χ1n) is 6.54. The number of hydrogen-bond acceptors (Lipinski definition) is 3. The molecule has 0 atom stereocenters. The van der Waals surface area contributed by atoms with Gasteiger partial charge in [0.05, 0.1) is 0 Å². The normalized spacial score (nSPS) is 14.2. The summed E-state index contributed by atoms with van der Waals surface area (Å²) in [6.45, 7) is 0.584. The smallest absolute Gasteiger partial charge is 0.265 e. The third-order valence-electron chi connectivity index (χ3n) is 3.46. The molecule has 0 spiro atoms. The molecule has 0 aliphatic heterocycles.